The van der Waals surface area contributed by atoms with Crippen molar-refractivity contribution in [3.05, 3.63) is 64.4 Å². The average molecular weight is 364 g/mol. The standard InChI is InChI=1S/C19H19ClFNO3/c20-16-9-7-14(8-10-16)13-15-5-4-6-17(18(15)21)24-25-19(23)22-11-2-1-3-12-22/h4-10H,1-3,11-13H2. The molecule has 25 heavy (non-hydrogen) atoms. The molecular weight excluding hydrogens is 345 g/mol. The Hall–Kier alpha value is -2.27. The van der Waals surface area contributed by atoms with Gasteiger partial charge < -0.3 is 4.90 Å². The maximum atomic E-state index is 14.6. The summed E-state index contributed by atoms with van der Waals surface area (Å²) >= 11 is 5.86. The lowest BCUT2D eigenvalue weighted by atomic mass is 10.0. The number of rotatable bonds is 4. The average Bonchev–Trinajstić information content (AvgIpc) is 2.64. The second kappa shape index (κ2) is 8.21. The first-order chi connectivity index (χ1) is 12.1. The van der Waals surface area contributed by atoms with Gasteiger partial charge in [0, 0.05) is 24.5 Å². The van der Waals surface area contributed by atoms with Crippen LogP contribution in [0.1, 0.15) is 30.4 Å². The molecule has 0 aliphatic carbocycles. The van der Waals surface area contributed by atoms with E-state index in [0.29, 0.717) is 30.1 Å². The fourth-order valence-electron chi connectivity index (χ4n) is 2.79. The predicted octanol–water partition coefficient (Wildman–Crippen LogP) is 4.99. The van der Waals surface area contributed by atoms with Crippen LogP contribution < -0.4 is 4.89 Å². The fraction of sp³-hybridized carbons (Fsp3) is 0.316. The van der Waals surface area contributed by atoms with E-state index >= 15 is 0 Å². The molecule has 1 saturated heterocycles. The van der Waals surface area contributed by atoms with Crippen LogP contribution in [0.25, 0.3) is 0 Å². The van der Waals surface area contributed by atoms with Gasteiger partial charge in [0.05, 0.1) is 0 Å². The summed E-state index contributed by atoms with van der Waals surface area (Å²) in [5.41, 5.74) is 1.37. The molecule has 3 rings (SSSR count). The highest BCUT2D eigenvalue weighted by molar-refractivity contribution is 6.30. The van der Waals surface area contributed by atoms with Gasteiger partial charge in [-0.25, -0.2) is 14.1 Å². The Morgan fingerprint density at radius 2 is 1.80 bits per heavy atom. The van der Waals surface area contributed by atoms with E-state index in [9.17, 15) is 9.18 Å². The first-order valence-corrected chi connectivity index (χ1v) is 8.66. The largest absolute Gasteiger partial charge is 0.452 e. The number of piperidine rings is 1. The van der Waals surface area contributed by atoms with E-state index < -0.39 is 11.9 Å². The molecule has 2 aromatic carbocycles. The third-order valence-corrected chi connectivity index (χ3v) is 4.42. The molecule has 6 heteroatoms. The van der Waals surface area contributed by atoms with Crippen molar-refractivity contribution in [3.63, 3.8) is 0 Å². The SMILES string of the molecule is O=C(OOc1cccc(Cc2ccc(Cl)cc2)c1F)N1CCCCC1. The Kier molecular flexibility index (Phi) is 5.76. The highest BCUT2D eigenvalue weighted by Gasteiger charge is 2.20. The van der Waals surface area contributed by atoms with Gasteiger partial charge in [-0.2, -0.15) is 0 Å². The number of carbonyl (C=O) groups is 1. The van der Waals surface area contributed by atoms with Gasteiger partial charge >= 0.3 is 6.09 Å². The first-order valence-electron chi connectivity index (χ1n) is 8.29. The summed E-state index contributed by atoms with van der Waals surface area (Å²) < 4.78 is 14.6. The zero-order chi connectivity index (χ0) is 17.6. The summed E-state index contributed by atoms with van der Waals surface area (Å²) in [6.07, 6.45) is 2.80. The third kappa shape index (κ3) is 4.63. The molecule has 0 radical (unpaired) electrons. The molecule has 1 heterocycles. The molecule has 0 saturated carbocycles. The van der Waals surface area contributed by atoms with Crippen LogP contribution in [0.2, 0.25) is 5.02 Å². The van der Waals surface area contributed by atoms with E-state index in [4.69, 9.17) is 21.4 Å². The van der Waals surface area contributed by atoms with Gasteiger partial charge in [0.25, 0.3) is 0 Å². The van der Waals surface area contributed by atoms with E-state index in [0.717, 1.165) is 24.8 Å². The zero-order valence-electron chi connectivity index (χ0n) is 13.7. The van der Waals surface area contributed by atoms with E-state index in [1.807, 2.05) is 12.1 Å². The molecule has 1 aliphatic heterocycles. The molecule has 0 bridgehead atoms. The highest BCUT2D eigenvalue weighted by atomic mass is 35.5. The van der Waals surface area contributed by atoms with Gasteiger partial charge in [-0.15, -0.1) is 0 Å². The van der Waals surface area contributed by atoms with Crippen LogP contribution in [-0.2, 0) is 11.3 Å². The molecule has 1 amide bonds. The van der Waals surface area contributed by atoms with Crippen molar-refractivity contribution in [2.75, 3.05) is 13.1 Å². The number of amides is 1. The maximum absolute atomic E-state index is 14.6. The number of nitrogens with zero attached hydrogens (tertiary/aromatic N) is 1. The predicted molar refractivity (Wildman–Crippen MR) is 93.2 cm³/mol. The third-order valence-electron chi connectivity index (χ3n) is 4.17. The van der Waals surface area contributed by atoms with Crippen LogP contribution in [0.3, 0.4) is 0 Å². The Labute approximate surface area is 151 Å². The topological polar surface area (TPSA) is 38.8 Å². The van der Waals surface area contributed by atoms with Gasteiger partial charge in [0.1, 0.15) is 0 Å². The van der Waals surface area contributed by atoms with Crippen LogP contribution in [0.5, 0.6) is 5.75 Å². The van der Waals surface area contributed by atoms with E-state index in [2.05, 4.69) is 0 Å². The van der Waals surface area contributed by atoms with E-state index in [1.165, 1.54) is 6.07 Å². The lowest BCUT2D eigenvalue weighted by Crippen LogP contribution is -2.36. The smallest absolute Gasteiger partial charge is 0.305 e. The molecule has 1 fully saturated rings. The van der Waals surface area contributed by atoms with Gasteiger partial charge in [0.2, 0.25) is 5.75 Å². The fourth-order valence-corrected chi connectivity index (χ4v) is 2.92. The zero-order valence-corrected chi connectivity index (χ0v) is 14.5. The summed E-state index contributed by atoms with van der Waals surface area (Å²) in [6.45, 7) is 1.28. The van der Waals surface area contributed by atoms with Crippen molar-refractivity contribution in [1.82, 2.24) is 4.90 Å². The van der Waals surface area contributed by atoms with Crippen molar-refractivity contribution >= 4 is 17.7 Å². The second-order valence-electron chi connectivity index (χ2n) is 6.01. The minimum atomic E-state index is -0.581. The number of likely N-dealkylation sites (tertiary alicyclic amines) is 1. The number of benzene rings is 2. The maximum Gasteiger partial charge on any atom is 0.452 e. The lowest BCUT2D eigenvalue weighted by Gasteiger charge is -2.24. The van der Waals surface area contributed by atoms with Crippen LogP contribution in [-0.4, -0.2) is 24.1 Å². The second-order valence-corrected chi connectivity index (χ2v) is 6.45. The molecule has 0 N–H and O–H groups in total. The van der Waals surface area contributed by atoms with Crippen molar-refractivity contribution in [2.45, 2.75) is 25.7 Å². The summed E-state index contributed by atoms with van der Waals surface area (Å²) in [6, 6.07) is 12.0. The Morgan fingerprint density at radius 3 is 2.52 bits per heavy atom. The lowest BCUT2D eigenvalue weighted by molar-refractivity contribution is -0.157. The summed E-state index contributed by atoms with van der Waals surface area (Å²) in [5, 5.41) is 0.630. The van der Waals surface area contributed by atoms with Crippen molar-refractivity contribution in [2.24, 2.45) is 0 Å². The van der Waals surface area contributed by atoms with Gasteiger partial charge in [-0.05, 0) is 48.6 Å². The summed E-state index contributed by atoms with van der Waals surface area (Å²) in [5.74, 6) is -0.638. The Balaban J connectivity index is 1.64. The molecule has 4 nitrogen and oxygen atoms in total. The molecule has 1 aliphatic rings. The summed E-state index contributed by atoms with van der Waals surface area (Å²) in [4.78, 5) is 23.3. The van der Waals surface area contributed by atoms with Crippen molar-refractivity contribution in [3.8, 4) is 5.75 Å². The number of halogens is 2. The van der Waals surface area contributed by atoms with Crippen LogP contribution in [0.15, 0.2) is 42.5 Å². The van der Waals surface area contributed by atoms with Crippen molar-refractivity contribution in [1.29, 1.82) is 0 Å². The minimum absolute atomic E-state index is 0.100. The van der Waals surface area contributed by atoms with Gasteiger partial charge in [-0.3, -0.25) is 4.89 Å². The molecule has 132 valence electrons. The quantitative estimate of drug-likeness (QED) is 0.567. The number of hydrogen-bond donors (Lipinski definition) is 0. The molecule has 0 unspecified atom stereocenters. The number of carbonyl (C=O) groups excluding carboxylic acids is 1. The molecule has 0 aromatic heterocycles. The Morgan fingerprint density at radius 1 is 1.08 bits per heavy atom. The van der Waals surface area contributed by atoms with Gasteiger partial charge in [-0.1, -0.05) is 35.9 Å². The van der Waals surface area contributed by atoms with Crippen LogP contribution in [0.4, 0.5) is 9.18 Å². The number of hydrogen-bond acceptors (Lipinski definition) is 3. The van der Waals surface area contributed by atoms with E-state index in [1.54, 1.807) is 29.2 Å². The first kappa shape index (κ1) is 17.5. The molecule has 0 spiro atoms. The minimum Gasteiger partial charge on any atom is -0.305 e. The Bertz CT molecular complexity index is 730. The highest BCUT2D eigenvalue weighted by Crippen LogP contribution is 2.24. The summed E-state index contributed by atoms with van der Waals surface area (Å²) in [7, 11) is 0. The molecule has 2 aromatic rings. The van der Waals surface area contributed by atoms with Crippen molar-refractivity contribution < 1.29 is 19.0 Å². The van der Waals surface area contributed by atoms with Gasteiger partial charge in [0.15, 0.2) is 5.82 Å². The molecule has 0 atom stereocenters. The van der Waals surface area contributed by atoms with Crippen LogP contribution in [0, 0.1) is 5.82 Å². The van der Waals surface area contributed by atoms with E-state index in [-0.39, 0.29) is 5.75 Å². The molecular formula is C19H19ClFNO3. The van der Waals surface area contributed by atoms with Crippen LogP contribution >= 0.6 is 11.6 Å². The normalized spacial score (nSPS) is 14.2. The monoisotopic (exact) mass is 363 g/mol.